The van der Waals surface area contributed by atoms with E-state index in [1.54, 1.807) is 56.3 Å². The molecule has 0 saturated heterocycles. The van der Waals surface area contributed by atoms with E-state index in [0.717, 1.165) is 5.56 Å². The van der Waals surface area contributed by atoms with Gasteiger partial charge in [-0.15, -0.1) is 0 Å². The number of rotatable bonds is 7. The summed E-state index contributed by atoms with van der Waals surface area (Å²) in [5, 5.41) is 2.75. The molecule has 0 heterocycles. The van der Waals surface area contributed by atoms with Crippen molar-refractivity contribution >= 4 is 23.3 Å². The van der Waals surface area contributed by atoms with Crippen molar-refractivity contribution in [2.75, 3.05) is 19.0 Å². The molecule has 1 amide bonds. The first-order valence-electron chi connectivity index (χ1n) is 8.57. The third-order valence-electron chi connectivity index (χ3n) is 3.98. The summed E-state index contributed by atoms with van der Waals surface area (Å²) in [5.41, 5.74) is 2.22. The molecule has 0 aliphatic rings. The lowest BCUT2D eigenvalue weighted by Gasteiger charge is -2.09. The minimum Gasteiger partial charge on any atom is -0.496 e. The summed E-state index contributed by atoms with van der Waals surface area (Å²) in [6.07, 6.45) is 0. The summed E-state index contributed by atoms with van der Waals surface area (Å²) in [6, 6.07) is 11.4. The second-order valence-electron chi connectivity index (χ2n) is 6.41. The molecule has 2 aromatic carbocycles. The summed E-state index contributed by atoms with van der Waals surface area (Å²) in [4.78, 5) is 36.0. The number of ether oxygens (including phenoxy) is 2. The van der Waals surface area contributed by atoms with Crippen molar-refractivity contribution < 1.29 is 23.9 Å². The van der Waals surface area contributed by atoms with Crippen LogP contribution in [0.3, 0.4) is 0 Å². The number of benzene rings is 2. The Balaban J connectivity index is 1.95. The quantitative estimate of drug-likeness (QED) is 0.595. The number of amides is 1. The Morgan fingerprint density at radius 1 is 1.00 bits per heavy atom. The van der Waals surface area contributed by atoms with Gasteiger partial charge in [-0.3, -0.25) is 9.59 Å². The van der Waals surface area contributed by atoms with Crippen LogP contribution in [0, 0.1) is 12.8 Å². The topological polar surface area (TPSA) is 81.7 Å². The average molecular weight is 369 g/mol. The highest BCUT2D eigenvalue weighted by molar-refractivity contribution is 6.00. The number of ketones is 1. The van der Waals surface area contributed by atoms with Crippen LogP contribution in [0.5, 0.6) is 5.75 Å². The largest absolute Gasteiger partial charge is 0.496 e. The molecule has 0 unspecified atom stereocenters. The molecule has 1 N–H and O–H groups in total. The number of esters is 1. The van der Waals surface area contributed by atoms with Crippen molar-refractivity contribution in [2.24, 2.45) is 5.92 Å². The minimum absolute atomic E-state index is 0.100. The van der Waals surface area contributed by atoms with Crippen LogP contribution in [0.25, 0.3) is 0 Å². The number of carbonyl (C=O) groups is 3. The van der Waals surface area contributed by atoms with Crippen molar-refractivity contribution in [3.05, 3.63) is 59.2 Å². The van der Waals surface area contributed by atoms with E-state index in [1.807, 2.05) is 6.92 Å². The van der Waals surface area contributed by atoms with Gasteiger partial charge in [0, 0.05) is 17.2 Å². The Labute approximate surface area is 158 Å². The zero-order chi connectivity index (χ0) is 20.0. The molecule has 6 heteroatoms. The monoisotopic (exact) mass is 369 g/mol. The van der Waals surface area contributed by atoms with Gasteiger partial charge < -0.3 is 14.8 Å². The van der Waals surface area contributed by atoms with Gasteiger partial charge in [0.1, 0.15) is 5.75 Å². The molecule has 2 aromatic rings. The van der Waals surface area contributed by atoms with Gasteiger partial charge in [0.2, 0.25) is 5.91 Å². The van der Waals surface area contributed by atoms with Gasteiger partial charge in [-0.2, -0.15) is 0 Å². The molecule has 0 saturated carbocycles. The molecule has 27 heavy (non-hydrogen) atoms. The molecular formula is C21H23NO5. The maximum atomic E-state index is 12.2. The molecule has 0 bridgehead atoms. The second-order valence-corrected chi connectivity index (χ2v) is 6.41. The highest BCUT2D eigenvalue weighted by Gasteiger charge is 2.14. The maximum absolute atomic E-state index is 12.2. The van der Waals surface area contributed by atoms with Crippen molar-refractivity contribution in [1.29, 1.82) is 0 Å². The van der Waals surface area contributed by atoms with Gasteiger partial charge in [-0.05, 0) is 48.9 Å². The molecule has 0 fully saturated rings. The lowest BCUT2D eigenvalue weighted by Crippen LogP contribution is -2.18. The van der Waals surface area contributed by atoms with E-state index in [9.17, 15) is 14.4 Å². The van der Waals surface area contributed by atoms with E-state index in [1.165, 1.54) is 7.11 Å². The molecule has 0 radical (unpaired) electrons. The van der Waals surface area contributed by atoms with Crippen LogP contribution in [0.2, 0.25) is 0 Å². The van der Waals surface area contributed by atoms with E-state index in [-0.39, 0.29) is 24.2 Å². The summed E-state index contributed by atoms with van der Waals surface area (Å²) >= 11 is 0. The number of hydrogen-bond acceptors (Lipinski definition) is 5. The van der Waals surface area contributed by atoms with E-state index in [0.29, 0.717) is 22.6 Å². The summed E-state index contributed by atoms with van der Waals surface area (Å²) in [7, 11) is 1.52. The number of nitrogens with one attached hydrogen (secondary N) is 1. The van der Waals surface area contributed by atoms with Gasteiger partial charge in [-0.1, -0.05) is 19.9 Å². The molecule has 142 valence electrons. The molecule has 0 aliphatic heterocycles. The van der Waals surface area contributed by atoms with Gasteiger partial charge in [0.15, 0.2) is 12.4 Å². The zero-order valence-corrected chi connectivity index (χ0v) is 15.9. The summed E-state index contributed by atoms with van der Waals surface area (Å²) in [6.45, 7) is 5.09. The molecule has 0 atom stereocenters. The van der Waals surface area contributed by atoms with Crippen molar-refractivity contribution in [2.45, 2.75) is 20.8 Å². The third kappa shape index (κ3) is 5.41. The molecule has 2 rings (SSSR count). The molecule has 0 aromatic heterocycles. The molecule has 6 nitrogen and oxygen atoms in total. The molecular weight excluding hydrogens is 346 g/mol. The number of Topliss-reactive ketones (excluding diaryl/α,β-unsaturated/α-hetero) is 1. The van der Waals surface area contributed by atoms with Crippen molar-refractivity contribution in [3.63, 3.8) is 0 Å². The Kier molecular flexibility index (Phi) is 6.71. The van der Waals surface area contributed by atoms with Crippen molar-refractivity contribution in [3.8, 4) is 5.75 Å². The number of methoxy groups -OCH3 is 1. The van der Waals surface area contributed by atoms with E-state index in [2.05, 4.69) is 5.32 Å². The number of carbonyl (C=O) groups excluding carboxylic acids is 3. The standard InChI is InChI=1S/C21H23NO5/c1-13(2)20(24)22-17-9-7-15(8-10-17)18(23)12-27-21(25)16-6-5-14(3)19(11-16)26-4/h5-11,13H,12H2,1-4H3,(H,22,24). The lowest BCUT2D eigenvalue weighted by molar-refractivity contribution is -0.118. The van der Waals surface area contributed by atoms with Gasteiger partial charge in [-0.25, -0.2) is 4.79 Å². The maximum Gasteiger partial charge on any atom is 0.338 e. The number of aryl methyl sites for hydroxylation is 1. The first kappa shape index (κ1) is 20.2. The van der Waals surface area contributed by atoms with E-state index in [4.69, 9.17) is 9.47 Å². The number of hydrogen-bond donors (Lipinski definition) is 1. The Hall–Kier alpha value is -3.15. The van der Waals surface area contributed by atoms with Gasteiger partial charge in [0.25, 0.3) is 0 Å². The Morgan fingerprint density at radius 3 is 2.22 bits per heavy atom. The van der Waals surface area contributed by atoms with Crippen LogP contribution in [0.1, 0.15) is 40.1 Å². The van der Waals surface area contributed by atoms with Crippen LogP contribution in [0.15, 0.2) is 42.5 Å². The fraction of sp³-hybridized carbons (Fsp3) is 0.286. The molecule has 0 aliphatic carbocycles. The predicted octanol–water partition coefficient (Wildman–Crippen LogP) is 3.64. The number of anilines is 1. The van der Waals surface area contributed by atoms with Crippen LogP contribution in [-0.2, 0) is 9.53 Å². The minimum atomic E-state index is -0.595. The van der Waals surface area contributed by atoms with Crippen LogP contribution in [0.4, 0.5) is 5.69 Å². The van der Waals surface area contributed by atoms with Gasteiger partial charge >= 0.3 is 5.97 Å². The normalized spacial score (nSPS) is 10.4. The zero-order valence-electron chi connectivity index (χ0n) is 15.9. The highest BCUT2D eigenvalue weighted by Crippen LogP contribution is 2.19. The second kappa shape index (κ2) is 8.98. The van der Waals surface area contributed by atoms with E-state index < -0.39 is 5.97 Å². The Bertz CT molecular complexity index is 840. The van der Waals surface area contributed by atoms with Crippen LogP contribution < -0.4 is 10.1 Å². The summed E-state index contributed by atoms with van der Waals surface area (Å²) in [5.74, 6) is -0.580. The third-order valence-corrected chi connectivity index (χ3v) is 3.98. The van der Waals surface area contributed by atoms with Crippen molar-refractivity contribution in [1.82, 2.24) is 0 Å². The Morgan fingerprint density at radius 2 is 1.63 bits per heavy atom. The molecule has 0 spiro atoms. The SMILES string of the molecule is COc1cc(C(=O)OCC(=O)c2ccc(NC(=O)C(C)C)cc2)ccc1C. The first-order chi connectivity index (χ1) is 12.8. The summed E-state index contributed by atoms with van der Waals surface area (Å²) < 4.78 is 10.3. The predicted molar refractivity (Wildman–Crippen MR) is 102 cm³/mol. The average Bonchev–Trinajstić information content (AvgIpc) is 2.66. The lowest BCUT2D eigenvalue weighted by atomic mass is 10.1. The van der Waals surface area contributed by atoms with Gasteiger partial charge in [0.05, 0.1) is 12.7 Å². The van der Waals surface area contributed by atoms with E-state index >= 15 is 0 Å². The highest BCUT2D eigenvalue weighted by atomic mass is 16.5. The van der Waals surface area contributed by atoms with Crippen LogP contribution >= 0.6 is 0 Å². The van der Waals surface area contributed by atoms with Crippen LogP contribution in [-0.4, -0.2) is 31.4 Å². The smallest absolute Gasteiger partial charge is 0.338 e. The first-order valence-corrected chi connectivity index (χ1v) is 8.57. The fourth-order valence-electron chi connectivity index (χ4n) is 2.27. The fourth-order valence-corrected chi connectivity index (χ4v) is 2.27.